The number of rotatable bonds is 3. The van der Waals surface area contributed by atoms with Crippen LogP contribution in [-0.2, 0) is 6.42 Å². The summed E-state index contributed by atoms with van der Waals surface area (Å²) in [6, 6.07) is 5.22. The lowest BCUT2D eigenvalue weighted by Gasteiger charge is -2.37. The first kappa shape index (κ1) is 16.2. The minimum absolute atomic E-state index is 0.0671. The number of anilines is 1. The van der Waals surface area contributed by atoms with Gasteiger partial charge in [0.15, 0.2) is 0 Å². The first-order valence-electron chi connectivity index (χ1n) is 8.76. The van der Waals surface area contributed by atoms with E-state index in [-0.39, 0.29) is 11.8 Å². The van der Waals surface area contributed by atoms with Crippen LogP contribution in [0.15, 0.2) is 18.2 Å². The van der Waals surface area contributed by atoms with Crippen molar-refractivity contribution in [1.82, 2.24) is 9.80 Å². The lowest BCUT2D eigenvalue weighted by molar-refractivity contribution is 0.132. The van der Waals surface area contributed by atoms with Crippen LogP contribution in [-0.4, -0.2) is 48.1 Å². The van der Waals surface area contributed by atoms with Gasteiger partial charge < -0.3 is 10.2 Å². The maximum atomic E-state index is 13.6. The number of hydrogen-bond donors (Lipinski definition) is 1. The first-order chi connectivity index (χ1) is 11.2. The molecule has 2 amide bonds. The summed E-state index contributed by atoms with van der Waals surface area (Å²) >= 11 is 0. The van der Waals surface area contributed by atoms with Crippen molar-refractivity contribution in [2.24, 2.45) is 0 Å². The molecule has 2 aliphatic rings. The molecule has 0 bridgehead atoms. The summed E-state index contributed by atoms with van der Waals surface area (Å²) in [5.41, 5.74) is 1.31. The fourth-order valence-electron chi connectivity index (χ4n) is 3.67. The smallest absolute Gasteiger partial charge is 0.321 e. The Hall–Kier alpha value is -1.62. The molecule has 2 heterocycles. The van der Waals surface area contributed by atoms with Crippen molar-refractivity contribution in [2.45, 2.75) is 45.1 Å². The zero-order chi connectivity index (χ0) is 16.2. The lowest BCUT2D eigenvalue weighted by atomic mass is 10.0. The molecule has 0 spiro atoms. The molecule has 2 aliphatic heterocycles. The number of carbonyl (C=O) groups excluding carboxylic acids is 1. The van der Waals surface area contributed by atoms with Crippen molar-refractivity contribution in [1.29, 1.82) is 0 Å². The summed E-state index contributed by atoms with van der Waals surface area (Å²) in [7, 11) is 0. The van der Waals surface area contributed by atoms with Crippen molar-refractivity contribution in [3.8, 4) is 0 Å². The summed E-state index contributed by atoms with van der Waals surface area (Å²) in [5.74, 6) is -0.211. The predicted octanol–water partition coefficient (Wildman–Crippen LogP) is 3.48. The Bertz CT molecular complexity index is 557. The first-order valence-corrected chi connectivity index (χ1v) is 8.76. The van der Waals surface area contributed by atoms with Gasteiger partial charge in [0.05, 0.1) is 0 Å². The van der Waals surface area contributed by atoms with E-state index in [2.05, 4.69) is 10.2 Å². The molecule has 23 heavy (non-hydrogen) atoms. The molecular weight excluding hydrogens is 293 g/mol. The average molecular weight is 319 g/mol. The summed E-state index contributed by atoms with van der Waals surface area (Å²) in [5, 5.41) is 2.93. The minimum Gasteiger partial charge on any atom is -0.323 e. The fourth-order valence-corrected chi connectivity index (χ4v) is 3.67. The quantitative estimate of drug-likeness (QED) is 0.926. The zero-order valence-corrected chi connectivity index (χ0v) is 13.9. The van der Waals surface area contributed by atoms with Crippen LogP contribution in [0.2, 0.25) is 0 Å². The maximum absolute atomic E-state index is 13.6. The van der Waals surface area contributed by atoms with Crippen LogP contribution in [0, 0.1) is 5.82 Å². The van der Waals surface area contributed by atoms with Gasteiger partial charge in [-0.3, -0.25) is 4.90 Å². The number of amides is 2. The van der Waals surface area contributed by atoms with Gasteiger partial charge in [0.25, 0.3) is 0 Å². The number of nitrogens with one attached hydrogen (secondary N) is 1. The molecule has 1 atom stereocenters. The Balaban J connectivity index is 1.61. The summed E-state index contributed by atoms with van der Waals surface area (Å²) in [4.78, 5) is 16.9. The molecule has 2 saturated heterocycles. The normalized spacial score (nSPS) is 22.3. The van der Waals surface area contributed by atoms with Crippen LogP contribution in [0.25, 0.3) is 0 Å². The Labute approximate surface area is 137 Å². The number of hydrogen-bond acceptors (Lipinski definition) is 2. The van der Waals surface area contributed by atoms with Gasteiger partial charge in [-0.05, 0) is 69.0 Å². The molecule has 0 radical (unpaired) electrons. The number of benzene rings is 1. The molecule has 2 fully saturated rings. The largest absolute Gasteiger partial charge is 0.323 e. The number of aryl methyl sites for hydroxylation is 1. The topological polar surface area (TPSA) is 35.6 Å². The number of nitrogens with zero attached hydrogens (tertiary/aromatic N) is 2. The van der Waals surface area contributed by atoms with Crippen LogP contribution in [0.3, 0.4) is 0 Å². The third-order valence-electron chi connectivity index (χ3n) is 5.02. The highest BCUT2D eigenvalue weighted by atomic mass is 19.1. The molecule has 0 aliphatic carbocycles. The highest BCUT2D eigenvalue weighted by Gasteiger charge is 2.29. The van der Waals surface area contributed by atoms with Crippen LogP contribution < -0.4 is 5.32 Å². The van der Waals surface area contributed by atoms with E-state index >= 15 is 0 Å². The highest BCUT2D eigenvalue weighted by molar-refractivity contribution is 5.89. The Morgan fingerprint density at radius 1 is 1.26 bits per heavy atom. The number of carbonyl (C=O) groups is 1. The van der Waals surface area contributed by atoms with E-state index in [1.807, 2.05) is 11.8 Å². The molecular formula is C18H26FN3O. The van der Waals surface area contributed by atoms with E-state index in [1.54, 1.807) is 12.1 Å². The number of urea groups is 1. The highest BCUT2D eigenvalue weighted by Crippen LogP contribution is 2.21. The molecule has 0 aromatic heterocycles. The molecule has 1 unspecified atom stereocenters. The van der Waals surface area contributed by atoms with E-state index in [1.165, 1.54) is 25.3 Å². The van der Waals surface area contributed by atoms with E-state index in [0.717, 1.165) is 32.6 Å². The van der Waals surface area contributed by atoms with Gasteiger partial charge >= 0.3 is 6.03 Å². The average Bonchev–Trinajstić information content (AvgIpc) is 3.11. The SMILES string of the molecule is CCc1cc(NC(=O)N2CCCC(N3CCCC3)C2)ccc1F. The zero-order valence-electron chi connectivity index (χ0n) is 13.9. The van der Waals surface area contributed by atoms with Gasteiger partial charge in [-0.25, -0.2) is 9.18 Å². The van der Waals surface area contributed by atoms with Crippen molar-refractivity contribution in [2.75, 3.05) is 31.5 Å². The standard InChI is InChI=1S/C18H26FN3O/c1-2-14-12-15(7-8-17(14)19)20-18(23)22-11-5-6-16(13-22)21-9-3-4-10-21/h7-8,12,16H,2-6,9-11,13H2,1H3,(H,20,23). The van der Waals surface area contributed by atoms with Gasteiger partial charge in [0.1, 0.15) is 5.82 Å². The van der Waals surface area contributed by atoms with Crippen LogP contribution in [0.5, 0.6) is 0 Å². The van der Waals surface area contributed by atoms with Crippen LogP contribution in [0.4, 0.5) is 14.9 Å². The molecule has 5 heteroatoms. The van der Waals surface area contributed by atoms with E-state index in [0.29, 0.717) is 23.7 Å². The second-order valence-electron chi connectivity index (χ2n) is 6.58. The molecule has 1 aromatic rings. The monoisotopic (exact) mass is 319 g/mol. The van der Waals surface area contributed by atoms with E-state index in [9.17, 15) is 9.18 Å². The Morgan fingerprint density at radius 3 is 2.78 bits per heavy atom. The number of likely N-dealkylation sites (tertiary alicyclic amines) is 2. The van der Waals surface area contributed by atoms with Gasteiger partial charge in [-0.1, -0.05) is 6.92 Å². The second kappa shape index (κ2) is 7.30. The van der Waals surface area contributed by atoms with Gasteiger partial charge in [-0.2, -0.15) is 0 Å². The molecule has 4 nitrogen and oxygen atoms in total. The van der Waals surface area contributed by atoms with Gasteiger partial charge in [0, 0.05) is 24.8 Å². The van der Waals surface area contributed by atoms with E-state index in [4.69, 9.17) is 0 Å². The summed E-state index contributed by atoms with van der Waals surface area (Å²) < 4.78 is 13.6. The molecule has 1 N–H and O–H groups in total. The second-order valence-corrected chi connectivity index (χ2v) is 6.58. The predicted molar refractivity (Wildman–Crippen MR) is 90.2 cm³/mol. The van der Waals surface area contributed by atoms with E-state index < -0.39 is 0 Å². The number of piperidine rings is 1. The van der Waals surface area contributed by atoms with Gasteiger partial charge in [-0.15, -0.1) is 0 Å². The third-order valence-corrected chi connectivity index (χ3v) is 5.02. The lowest BCUT2D eigenvalue weighted by Crippen LogP contribution is -2.50. The maximum Gasteiger partial charge on any atom is 0.321 e. The Kier molecular flexibility index (Phi) is 5.16. The van der Waals surface area contributed by atoms with Crippen molar-refractivity contribution in [3.63, 3.8) is 0 Å². The van der Waals surface area contributed by atoms with Crippen molar-refractivity contribution < 1.29 is 9.18 Å². The van der Waals surface area contributed by atoms with Crippen LogP contribution >= 0.6 is 0 Å². The van der Waals surface area contributed by atoms with Crippen molar-refractivity contribution in [3.05, 3.63) is 29.6 Å². The molecule has 126 valence electrons. The molecule has 0 saturated carbocycles. The molecule has 1 aromatic carbocycles. The number of halogens is 1. The Morgan fingerprint density at radius 2 is 2.04 bits per heavy atom. The van der Waals surface area contributed by atoms with Crippen LogP contribution in [0.1, 0.15) is 38.2 Å². The van der Waals surface area contributed by atoms with Crippen molar-refractivity contribution >= 4 is 11.7 Å². The third kappa shape index (κ3) is 3.83. The van der Waals surface area contributed by atoms with Gasteiger partial charge in [0.2, 0.25) is 0 Å². The summed E-state index contributed by atoms with van der Waals surface area (Å²) in [6.45, 7) is 5.84. The summed E-state index contributed by atoms with van der Waals surface area (Å²) in [6.07, 6.45) is 5.41. The fraction of sp³-hybridized carbons (Fsp3) is 0.611. The minimum atomic E-state index is -0.211. The molecule has 3 rings (SSSR count).